The number of nitrogens with zero attached hydrogens (tertiary/aromatic N) is 7. The van der Waals surface area contributed by atoms with Crippen LogP contribution in [0.15, 0.2) is 61.3 Å². The second-order valence-corrected chi connectivity index (χ2v) is 7.52. The highest BCUT2D eigenvalue weighted by molar-refractivity contribution is 5.78. The number of hydrogen-bond acceptors (Lipinski definition) is 8. The van der Waals surface area contributed by atoms with Gasteiger partial charge in [-0.05, 0) is 37.3 Å². The molecule has 4 aromatic heterocycles. The van der Waals surface area contributed by atoms with Crippen molar-refractivity contribution in [1.82, 2.24) is 35.0 Å². The van der Waals surface area contributed by atoms with Gasteiger partial charge in [0.15, 0.2) is 0 Å². The molecule has 0 bridgehead atoms. The summed E-state index contributed by atoms with van der Waals surface area (Å²) in [6, 6.07) is 9.85. The van der Waals surface area contributed by atoms with E-state index < -0.39 is 0 Å². The zero-order valence-electron chi connectivity index (χ0n) is 17.9. The van der Waals surface area contributed by atoms with Gasteiger partial charge in [0, 0.05) is 68.6 Å². The predicted octanol–water partition coefficient (Wildman–Crippen LogP) is 2.97. The van der Waals surface area contributed by atoms with Crippen LogP contribution in [-0.4, -0.2) is 55.9 Å². The van der Waals surface area contributed by atoms with E-state index in [1.165, 1.54) is 0 Å². The Balaban J connectivity index is 1.39. The Morgan fingerprint density at radius 3 is 2.69 bits per heavy atom. The van der Waals surface area contributed by atoms with Gasteiger partial charge in [0.05, 0.1) is 17.6 Å². The molecule has 5 heterocycles. The molecule has 5 rings (SSSR count). The summed E-state index contributed by atoms with van der Waals surface area (Å²) in [5, 5.41) is 11.3. The third-order valence-corrected chi connectivity index (χ3v) is 5.40. The molecule has 0 atom stereocenters. The Hall–Kier alpha value is -3.85. The maximum atomic E-state index is 4.74. The predicted molar refractivity (Wildman–Crippen MR) is 125 cm³/mol. The van der Waals surface area contributed by atoms with Crippen LogP contribution >= 0.6 is 0 Å². The first-order valence-corrected chi connectivity index (χ1v) is 10.8. The maximum absolute atomic E-state index is 4.74. The van der Waals surface area contributed by atoms with Crippen molar-refractivity contribution in [2.45, 2.75) is 13.5 Å². The lowest BCUT2D eigenvalue weighted by Gasteiger charge is -2.28. The lowest BCUT2D eigenvalue weighted by Crippen LogP contribution is -2.43. The largest absolute Gasteiger partial charge is 0.354 e. The highest BCUT2D eigenvalue weighted by atomic mass is 15.3. The highest BCUT2D eigenvalue weighted by Crippen LogP contribution is 2.30. The number of piperazine rings is 1. The molecule has 0 saturated carbocycles. The highest BCUT2D eigenvalue weighted by Gasteiger charge is 2.15. The Bertz CT molecular complexity index is 1170. The van der Waals surface area contributed by atoms with Gasteiger partial charge in [-0.2, -0.15) is 5.10 Å². The van der Waals surface area contributed by atoms with E-state index in [1.807, 2.05) is 53.6 Å². The minimum Gasteiger partial charge on any atom is -0.354 e. The smallest absolute Gasteiger partial charge is 0.227 e. The van der Waals surface area contributed by atoms with Crippen molar-refractivity contribution in [3.63, 3.8) is 0 Å². The van der Waals surface area contributed by atoms with E-state index in [0.717, 1.165) is 66.7 Å². The first-order chi connectivity index (χ1) is 15.8. The van der Waals surface area contributed by atoms with Crippen molar-refractivity contribution in [2.75, 3.05) is 36.4 Å². The van der Waals surface area contributed by atoms with Gasteiger partial charge in [-0.3, -0.25) is 9.67 Å². The summed E-state index contributed by atoms with van der Waals surface area (Å²) in [5.74, 6) is 1.50. The molecule has 0 radical (unpaired) electrons. The fourth-order valence-corrected chi connectivity index (χ4v) is 3.73. The molecule has 1 saturated heterocycles. The first-order valence-electron chi connectivity index (χ1n) is 10.8. The molecule has 0 amide bonds. The maximum Gasteiger partial charge on any atom is 0.227 e. The number of pyridine rings is 2. The zero-order valence-corrected chi connectivity index (χ0v) is 17.9. The first kappa shape index (κ1) is 20.1. The van der Waals surface area contributed by atoms with Gasteiger partial charge >= 0.3 is 0 Å². The van der Waals surface area contributed by atoms with Crippen LogP contribution in [-0.2, 0) is 6.54 Å². The molecule has 32 heavy (non-hydrogen) atoms. The van der Waals surface area contributed by atoms with Gasteiger partial charge in [-0.25, -0.2) is 15.0 Å². The number of hydrogen-bond donors (Lipinski definition) is 2. The van der Waals surface area contributed by atoms with E-state index in [-0.39, 0.29) is 0 Å². The molecule has 9 heteroatoms. The fourth-order valence-electron chi connectivity index (χ4n) is 3.73. The van der Waals surface area contributed by atoms with Crippen molar-refractivity contribution in [1.29, 1.82) is 0 Å². The van der Waals surface area contributed by atoms with Gasteiger partial charge in [0.25, 0.3) is 0 Å². The standard InChI is InChI=1S/C23H25N9/c1-2-32-16-19(22(30-32)17-4-3-8-25-14-17)20-7-9-26-23(29-20)28-18-5-6-21(27-15-18)31-12-10-24-11-13-31/h3-9,14-16,24H,2,10-13H2,1H3,(H,26,28,29). The normalized spacial score (nSPS) is 13.8. The molecule has 1 aliphatic heterocycles. The van der Waals surface area contributed by atoms with E-state index >= 15 is 0 Å². The zero-order chi connectivity index (χ0) is 21.8. The van der Waals surface area contributed by atoms with Crippen molar-refractivity contribution in [3.8, 4) is 22.5 Å². The molecule has 9 nitrogen and oxygen atoms in total. The molecule has 162 valence electrons. The van der Waals surface area contributed by atoms with Crippen LogP contribution in [0.2, 0.25) is 0 Å². The summed E-state index contributed by atoms with van der Waals surface area (Å²) in [6.07, 6.45) is 9.16. The lowest BCUT2D eigenvalue weighted by molar-refractivity contribution is 0.585. The van der Waals surface area contributed by atoms with Gasteiger partial charge in [-0.1, -0.05) is 0 Å². The average molecular weight is 428 g/mol. The second kappa shape index (κ2) is 9.11. The van der Waals surface area contributed by atoms with Crippen molar-refractivity contribution >= 4 is 17.5 Å². The Labute approximate surface area is 186 Å². The van der Waals surface area contributed by atoms with E-state index in [2.05, 4.69) is 37.4 Å². The Morgan fingerprint density at radius 1 is 1.03 bits per heavy atom. The second-order valence-electron chi connectivity index (χ2n) is 7.52. The minimum absolute atomic E-state index is 0.514. The summed E-state index contributed by atoms with van der Waals surface area (Å²) < 4.78 is 1.91. The lowest BCUT2D eigenvalue weighted by atomic mass is 10.1. The topological polar surface area (TPSA) is 96.7 Å². The molecule has 0 spiro atoms. The van der Waals surface area contributed by atoms with Crippen LogP contribution in [0.4, 0.5) is 17.5 Å². The monoisotopic (exact) mass is 427 g/mol. The van der Waals surface area contributed by atoms with E-state index in [1.54, 1.807) is 12.4 Å². The van der Waals surface area contributed by atoms with Gasteiger partial charge in [0.1, 0.15) is 11.5 Å². The summed E-state index contributed by atoms with van der Waals surface area (Å²) in [7, 11) is 0. The average Bonchev–Trinajstić information content (AvgIpc) is 3.31. The van der Waals surface area contributed by atoms with Crippen molar-refractivity contribution in [3.05, 3.63) is 61.3 Å². The molecule has 4 aromatic rings. The van der Waals surface area contributed by atoms with E-state index in [9.17, 15) is 0 Å². The third kappa shape index (κ3) is 4.28. The summed E-state index contributed by atoms with van der Waals surface area (Å²) in [5.41, 5.74) is 4.39. The van der Waals surface area contributed by atoms with E-state index in [4.69, 9.17) is 10.1 Å². The number of nitrogens with one attached hydrogen (secondary N) is 2. The molecular formula is C23H25N9. The summed E-state index contributed by atoms with van der Waals surface area (Å²) >= 11 is 0. The molecule has 1 aliphatic rings. The van der Waals surface area contributed by atoms with Gasteiger partial charge in [0.2, 0.25) is 5.95 Å². The van der Waals surface area contributed by atoms with E-state index in [0.29, 0.717) is 5.95 Å². The fraction of sp³-hybridized carbons (Fsp3) is 0.261. The SMILES string of the molecule is CCn1cc(-c2ccnc(Nc3ccc(N4CCNCC4)nc3)n2)c(-c2cccnc2)n1. The number of anilines is 3. The van der Waals surface area contributed by atoms with Crippen LogP contribution in [0, 0.1) is 0 Å². The molecule has 0 aromatic carbocycles. The van der Waals surface area contributed by atoms with Crippen LogP contribution < -0.4 is 15.5 Å². The molecule has 2 N–H and O–H groups in total. The van der Waals surface area contributed by atoms with Crippen LogP contribution in [0.25, 0.3) is 22.5 Å². The third-order valence-electron chi connectivity index (χ3n) is 5.40. The van der Waals surface area contributed by atoms with Crippen LogP contribution in [0.1, 0.15) is 6.92 Å². The summed E-state index contributed by atoms with van der Waals surface area (Å²) in [4.78, 5) is 20.3. The Kier molecular flexibility index (Phi) is 5.71. The quantitative estimate of drug-likeness (QED) is 0.485. The van der Waals surface area contributed by atoms with Gasteiger partial charge < -0.3 is 15.5 Å². The van der Waals surface area contributed by atoms with Crippen LogP contribution in [0.5, 0.6) is 0 Å². The Morgan fingerprint density at radius 2 is 1.94 bits per heavy atom. The molecular weight excluding hydrogens is 402 g/mol. The number of aromatic nitrogens is 6. The van der Waals surface area contributed by atoms with Crippen molar-refractivity contribution < 1.29 is 0 Å². The van der Waals surface area contributed by atoms with Crippen molar-refractivity contribution in [2.24, 2.45) is 0 Å². The number of aryl methyl sites for hydroxylation is 1. The minimum atomic E-state index is 0.514. The summed E-state index contributed by atoms with van der Waals surface area (Å²) in [6.45, 7) is 6.74. The van der Waals surface area contributed by atoms with Gasteiger partial charge in [-0.15, -0.1) is 0 Å². The number of rotatable bonds is 6. The molecule has 1 fully saturated rings. The molecule has 0 unspecified atom stereocenters. The van der Waals surface area contributed by atoms with Crippen LogP contribution in [0.3, 0.4) is 0 Å². The molecule has 0 aliphatic carbocycles.